The van der Waals surface area contributed by atoms with Gasteiger partial charge >= 0.3 is 0 Å². The lowest BCUT2D eigenvalue weighted by atomic mass is 10.2. The Bertz CT molecular complexity index is 686. The van der Waals surface area contributed by atoms with E-state index in [1.54, 1.807) is 31.3 Å². The summed E-state index contributed by atoms with van der Waals surface area (Å²) in [6, 6.07) is 9.48. The first-order valence-corrected chi connectivity index (χ1v) is 6.04. The van der Waals surface area contributed by atoms with Crippen molar-refractivity contribution in [3.8, 4) is 0 Å². The maximum absolute atomic E-state index is 13.6. The normalized spacial score (nSPS) is 10.0. The van der Waals surface area contributed by atoms with Gasteiger partial charge in [0.1, 0.15) is 5.82 Å². The standard InChI is InChI=1S/C14H12FN3O3/c1-16-10-4-2-9(3-5-10)14(19)17-13-8-11(18(20)21)6-7-12(13)15/h2-8,16H,1H3,(H,17,19). The number of nitro groups is 1. The largest absolute Gasteiger partial charge is 0.388 e. The highest BCUT2D eigenvalue weighted by molar-refractivity contribution is 6.04. The quantitative estimate of drug-likeness (QED) is 0.669. The molecule has 7 heteroatoms. The summed E-state index contributed by atoms with van der Waals surface area (Å²) in [7, 11) is 1.74. The second-order valence-corrected chi connectivity index (χ2v) is 4.20. The molecule has 0 unspecified atom stereocenters. The molecule has 21 heavy (non-hydrogen) atoms. The van der Waals surface area contributed by atoms with Crippen molar-refractivity contribution in [2.45, 2.75) is 0 Å². The summed E-state index contributed by atoms with van der Waals surface area (Å²) >= 11 is 0. The van der Waals surface area contributed by atoms with Crippen LogP contribution in [0.5, 0.6) is 0 Å². The highest BCUT2D eigenvalue weighted by atomic mass is 19.1. The smallest absolute Gasteiger partial charge is 0.271 e. The van der Waals surface area contributed by atoms with Gasteiger partial charge in [-0.15, -0.1) is 0 Å². The number of hydrogen-bond acceptors (Lipinski definition) is 4. The number of anilines is 2. The number of benzene rings is 2. The molecule has 0 bridgehead atoms. The molecule has 0 fully saturated rings. The number of carbonyl (C=O) groups excluding carboxylic acids is 1. The molecule has 2 aromatic carbocycles. The minimum Gasteiger partial charge on any atom is -0.388 e. The Morgan fingerprint density at radius 1 is 1.19 bits per heavy atom. The van der Waals surface area contributed by atoms with E-state index >= 15 is 0 Å². The fourth-order valence-electron chi connectivity index (χ4n) is 1.71. The van der Waals surface area contributed by atoms with Gasteiger partial charge in [-0.2, -0.15) is 0 Å². The average molecular weight is 289 g/mol. The van der Waals surface area contributed by atoms with Crippen molar-refractivity contribution in [2.24, 2.45) is 0 Å². The van der Waals surface area contributed by atoms with Gasteiger partial charge in [-0.05, 0) is 30.3 Å². The van der Waals surface area contributed by atoms with Gasteiger partial charge in [-0.3, -0.25) is 14.9 Å². The molecule has 0 aliphatic rings. The SMILES string of the molecule is CNc1ccc(C(=O)Nc2cc([N+](=O)[O-])ccc2F)cc1. The number of non-ortho nitro benzene ring substituents is 1. The van der Waals surface area contributed by atoms with E-state index in [0.717, 1.165) is 23.9 Å². The molecule has 0 aliphatic carbocycles. The number of hydrogen-bond donors (Lipinski definition) is 2. The third-order valence-corrected chi connectivity index (χ3v) is 2.84. The molecule has 0 aliphatic heterocycles. The zero-order valence-electron chi connectivity index (χ0n) is 11.1. The molecule has 2 rings (SSSR count). The van der Waals surface area contributed by atoms with Gasteiger partial charge in [-0.25, -0.2) is 4.39 Å². The Morgan fingerprint density at radius 2 is 1.86 bits per heavy atom. The molecule has 6 nitrogen and oxygen atoms in total. The van der Waals surface area contributed by atoms with Gasteiger partial charge in [-0.1, -0.05) is 0 Å². The lowest BCUT2D eigenvalue weighted by Gasteiger charge is -2.07. The highest BCUT2D eigenvalue weighted by Crippen LogP contribution is 2.22. The van der Waals surface area contributed by atoms with Crippen molar-refractivity contribution in [2.75, 3.05) is 17.7 Å². The first-order valence-electron chi connectivity index (χ1n) is 6.04. The van der Waals surface area contributed by atoms with E-state index < -0.39 is 16.6 Å². The zero-order valence-corrected chi connectivity index (χ0v) is 11.1. The number of halogens is 1. The predicted molar refractivity (Wildman–Crippen MR) is 77.0 cm³/mol. The number of rotatable bonds is 4. The Balaban J connectivity index is 2.22. The Morgan fingerprint density at radius 3 is 2.43 bits per heavy atom. The minimum absolute atomic E-state index is 0.230. The van der Waals surface area contributed by atoms with E-state index in [2.05, 4.69) is 10.6 Å². The topological polar surface area (TPSA) is 84.3 Å². The highest BCUT2D eigenvalue weighted by Gasteiger charge is 2.14. The predicted octanol–water partition coefficient (Wildman–Crippen LogP) is 3.03. The fraction of sp³-hybridized carbons (Fsp3) is 0.0714. The summed E-state index contributed by atoms with van der Waals surface area (Å²) in [6.07, 6.45) is 0. The van der Waals surface area contributed by atoms with Crippen molar-refractivity contribution < 1.29 is 14.1 Å². The summed E-state index contributed by atoms with van der Waals surface area (Å²) in [4.78, 5) is 22.0. The van der Waals surface area contributed by atoms with Crippen molar-refractivity contribution in [1.82, 2.24) is 0 Å². The molecule has 2 aromatic rings. The van der Waals surface area contributed by atoms with Crippen molar-refractivity contribution in [3.05, 3.63) is 64.0 Å². The van der Waals surface area contributed by atoms with Crippen LogP contribution in [0.1, 0.15) is 10.4 Å². The van der Waals surface area contributed by atoms with Crippen LogP contribution in [0.15, 0.2) is 42.5 Å². The van der Waals surface area contributed by atoms with Crippen LogP contribution in [-0.4, -0.2) is 17.9 Å². The van der Waals surface area contributed by atoms with Crippen LogP contribution in [0, 0.1) is 15.9 Å². The average Bonchev–Trinajstić information content (AvgIpc) is 2.49. The number of nitrogens with zero attached hydrogens (tertiary/aromatic N) is 1. The summed E-state index contributed by atoms with van der Waals surface area (Å²) in [5.41, 5.74) is 0.622. The second kappa shape index (κ2) is 6.00. The van der Waals surface area contributed by atoms with Crippen LogP contribution in [0.4, 0.5) is 21.5 Å². The van der Waals surface area contributed by atoms with Gasteiger partial charge in [0.2, 0.25) is 0 Å². The van der Waals surface area contributed by atoms with Crippen LogP contribution in [0.2, 0.25) is 0 Å². The lowest BCUT2D eigenvalue weighted by molar-refractivity contribution is -0.384. The molecule has 0 heterocycles. The van der Waals surface area contributed by atoms with Crippen molar-refractivity contribution in [1.29, 1.82) is 0 Å². The van der Waals surface area contributed by atoms with E-state index in [1.807, 2.05) is 0 Å². The maximum atomic E-state index is 13.6. The van der Waals surface area contributed by atoms with Gasteiger partial charge in [0.05, 0.1) is 10.6 Å². The van der Waals surface area contributed by atoms with E-state index in [4.69, 9.17) is 0 Å². The van der Waals surface area contributed by atoms with Gasteiger partial charge in [0.25, 0.3) is 11.6 Å². The van der Waals surface area contributed by atoms with Crippen LogP contribution in [0.3, 0.4) is 0 Å². The summed E-state index contributed by atoms with van der Waals surface area (Å²) in [5, 5.41) is 15.9. The molecule has 0 radical (unpaired) electrons. The van der Waals surface area contributed by atoms with Crippen LogP contribution in [-0.2, 0) is 0 Å². The number of nitro benzene ring substituents is 1. The van der Waals surface area contributed by atoms with Gasteiger partial charge < -0.3 is 10.6 Å². The van der Waals surface area contributed by atoms with E-state index in [1.165, 1.54) is 0 Å². The summed E-state index contributed by atoms with van der Waals surface area (Å²) in [6.45, 7) is 0. The fourth-order valence-corrected chi connectivity index (χ4v) is 1.71. The number of carbonyl (C=O) groups is 1. The maximum Gasteiger partial charge on any atom is 0.271 e. The van der Waals surface area contributed by atoms with Gasteiger partial charge in [0, 0.05) is 30.4 Å². The Hall–Kier alpha value is -2.96. The molecule has 0 saturated carbocycles. The van der Waals surface area contributed by atoms with Crippen molar-refractivity contribution >= 4 is 23.0 Å². The Labute approximate surface area is 119 Å². The number of nitrogens with one attached hydrogen (secondary N) is 2. The first-order chi connectivity index (χ1) is 10.0. The van der Waals surface area contributed by atoms with E-state index in [0.29, 0.717) is 5.56 Å². The first kappa shape index (κ1) is 14.4. The van der Waals surface area contributed by atoms with E-state index in [9.17, 15) is 19.3 Å². The molecule has 2 N–H and O–H groups in total. The molecule has 0 atom stereocenters. The summed E-state index contributed by atoms with van der Waals surface area (Å²) in [5.74, 6) is -1.28. The lowest BCUT2D eigenvalue weighted by Crippen LogP contribution is -2.13. The molecular formula is C14H12FN3O3. The van der Waals surface area contributed by atoms with E-state index in [-0.39, 0.29) is 11.4 Å². The third-order valence-electron chi connectivity index (χ3n) is 2.84. The Kier molecular flexibility index (Phi) is 4.13. The summed E-state index contributed by atoms with van der Waals surface area (Å²) < 4.78 is 13.6. The second-order valence-electron chi connectivity index (χ2n) is 4.20. The van der Waals surface area contributed by atoms with Crippen LogP contribution < -0.4 is 10.6 Å². The molecule has 108 valence electrons. The molecule has 0 aromatic heterocycles. The zero-order chi connectivity index (χ0) is 15.4. The number of amides is 1. The molecular weight excluding hydrogens is 277 g/mol. The molecule has 0 spiro atoms. The molecule has 0 saturated heterocycles. The minimum atomic E-state index is -0.735. The van der Waals surface area contributed by atoms with Gasteiger partial charge in [0.15, 0.2) is 0 Å². The van der Waals surface area contributed by atoms with Crippen LogP contribution in [0.25, 0.3) is 0 Å². The third kappa shape index (κ3) is 3.33. The molecule has 1 amide bonds. The van der Waals surface area contributed by atoms with Crippen LogP contribution >= 0.6 is 0 Å². The van der Waals surface area contributed by atoms with Crippen molar-refractivity contribution in [3.63, 3.8) is 0 Å². The monoisotopic (exact) mass is 289 g/mol.